The van der Waals surface area contributed by atoms with Crippen molar-refractivity contribution in [2.24, 2.45) is 0 Å². The van der Waals surface area contributed by atoms with Gasteiger partial charge in [-0.05, 0) is 29.8 Å². The molecule has 1 aliphatic rings. The van der Waals surface area contributed by atoms with E-state index >= 15 is 0 Å². The first-order valence-corrected chi connectivity index (χ1v) is 8.11. The van der Waals surface area contributed by atoms with Gasteiger partial charge in [-0.25, -0.2) is 4.39 Å². The number of benzene rings is 2. The van der Waals surface area contributed by atoms with Gasteiger partial charge in [-0.2, -0.15) is 0 Å². The Balaban J connectivity index is 1.62. The third kappa shape index (κ3) is 3.77. The van der Waals surface area contributed by atoms with Crippen molar-refractivity contribution in [1.82, 2.24) is 4.90 Å². The van der Waals surface area contributed by atoms with Gasteiger partial charge in [0.1, 0.15) is 5.75 Å². The number of para-hydroxylation sites is 2. The van der Waals surface area contributed by atoms with Crippen LogP contribution in [0.5, 0.6) is 11.5 Å². The normalized spacial score (nSPS) is 15.5. The fraction of sp³-hybridized carbons (Fsp3) is 0.263. The molecular formula is C19H19FN2O4. The molecule has 1 atom stereocenters. The lowest BCUT2D eigenvalue weighted by molar-refractivity contribution is -0.136. The van der Waals surface area contributed by atoms with Crippen LogP contribution in [0, 0.1) is 5.82 Å². The van der Waals surface area contributed by atoms with Crippen LogP contribution in [0.25, 0.3) is 0 Å². The number of fused-ring (bicyclic) bond motifs is 1. The molecule has 0 radical (unpaired) electrons. The lowest BCUT2D eigenvalue weighted by Crippen LogP contribution is -2.41. The second-order valence-corrected chi connectivity index (χ2v) is 6.01. The van der Waals surface area contributed by atoms with E-state index in [9.17, 15) is 14.0 Å². The van der Waals surface area contributed by atoms with E-state index in [1.807, 2.05) is 0 Å². The highest BCUT2D eigenvalue weighted by atomic mass is 19.1. The average Bonchev–Trinajstić information content (AvgIpc) is 2.62. The van der Waals surface area contributed by atoms with Crippen LogP contribution in [-0.4, -0.2) is 37.0 Å². The summed E-state index contributed by atoms with van der Waals surface area (Å²) in [7, 11) is 2.99. The van der Waals surface area contributed by atoms with Gasteiger partial charge in [-0.1, -0.05) is 18.2 Å². The summed E-state index contributed by atoms with van der Waals surface area (Å²) >= 11 is 0. The average molecular weight is 358 g/mol. The first kappa shape index (κ1) is 17.7. The smallest absolute Gasteiger partial charge is 0.266 e. The van der Waals surface area contributed by atoms with Crippen LogP contribution in [0.1, 0.15) is 12.0 Å². The minimum Gasteiger partial charge on any atom is -0.494 e. The van der Waals surface area contributed by atoms with E-state index < -0.39 is 11.9 Å². The van der Waals surface area contributed by atoms with Crippen molar-refractivity contribution in [3.63, 3.8) is 0 Å². The van der Waals surface area contributed by atoms with Gasteiger partial charge >= 0.3 is 0 Å². The van der Waals surface area contributed by atoms with E-state index in [4.69, 9.17) is 9.47 Å². The van der Waals surface area contributed by atoms with Gasteiger partial charge in [0, 0.05) is 13.6 Å². The quantitative estimate of drug-likeness (QED) is 0.892. The molecule has 0 saturated carbocycles. The molecule has 26 heavy (non-hydrogen) atoms. The van der Waals surface area contributed by atoms with Gasteiger partial charge < -0.3 is 19.7 Å². The molecule has 0 bridgehead atoms. The van der Waals surface area contributed by atoms with Gasteiger partial charge in [0.25, 0.3) is 5.91 Å². The minimum atomic E-state index is -0.896. The Hall–Kier alpha value is -3.09. The Bertz CT molecular complexity index is 840. The Kier molecular flexibility index (Phi) is 5.06. The first-order chi connectivity index (χ1) is 12.5. The van der Waals surface area contributed by atoms with Crippen LogP contribution >= 0.6 is 0 Å². The van der Waals surface area contributed by atoms with E-state index in [1.54, 1.807) is 37.4 Å². The Morgan fingerprint density at radius 3 is 2.81 bits per heavy atom. The summed E-state index contributed by atoms with van der Waals surface area (Å²) in [6.07, 6.45) is -0.998. The van der Waals surface area contributed by atoms with Gasteiger partial charge in [-0.3, -0.25) is 9.59 Å². The molecule has 3 rings (SSSR count). The molecular weight excluding hydrogens is 339 g/mol. The minimum absolute atomic E-state index is 0.102. The molecule has 0 fully saturated rings. The molecule has 1 N–H and O–H groups in total. The molecule has 0 aliphatic carbocycles. The predicted octanol–water partition coefficient (Wildman–Crippen LogP) is 2.58. The van der Waals surface area contributed by atoms with Crippen LogP contribution in [0.3, 0.4) is 0 Å². The zero-order valence-electron chi connectivity index (χ0n) is 14.5. The van der Waals surface area contributed by atoms with E-state index in [0.29, 0.717) is 17.0 Å². The number of carbonyl (C=O) groups is 2. The van der Waals surface area contributed by atoms with Crippen molar-refractivity contribution in [3.05, 3.63) is 53.8 Å². The second kappa shape index (κ2) is 7.43. The number of nitrogens with one attached hydrogen (secondary N) is 1. The van der Waals surface area contributed by atoms with Gasteiger partial charge in [0.05, 0.1) is 19.2 Å². The monoisotopic (exact) mass is 358 g/mol. The van der Waals surface area contributed by atoms with Crippen LogP contribution in [-0.2, 0) is 16.1 Å². The largest absolute Gasteiger partial charge is 0.494 e. The fourth-order valence-electron chi connectivity index (χ4n) is 2.71. The first-order valence-electron chi connectivity index (χ1n) is 8.11. The highest BCUT2D eigenvalue weighted by Crippen LogP contribution is 2.29. The third-order valence-electron chi connectivity index (χ3n) is 4.13. The number of methoxy groups -OCH3 is 1. The number of hydrogen-bond acceptors (Lipinski definition) is 4. The molecule has 0 unspecified atom stereocenters. The van der Waals surface area contributed by atoms with E-state index in [0.717, 1.165) is 0 Å². The van der Waals surface area contributed by atoms with Crippen LogP contribution in [0.4, 0.5) is 10.1 Å². The maximum absolute atomic E-state index is 13.8. The summed E-state index contributed by atoms with van der Waals surface area (Å²) in [5.74, 6) is -0.447. The van der Waals surface area contributed by atoms with Crippen LogP contribution < -0.4 is 14.8 Å². The highest BCUT2D eigenvalue weighted by Gasteiger charge is 2.30. The summed E-state index contributed by atoms with van der Waals surface area (Å²) in [4.78, 5) is 26.0. The molecule has 0 spiro atoms. The lowest BCUT2D eigenvalue weighted by Gasteiger charge is -2.27. The Morgan fingerprint density at radius 1 is 1.31 bits per heavy atom. The lowest BCUT2D eigenvalue weighted by atomic mass is 10.1. The molecule has 7 heteroatoms. The summed E-state index contributed by atoms with van der Waals surface area (Å²) < 4.78 is 24.3. The molecule has 0 saturated heterocycles. The number of nitrogens with zero attached hydrogens (tertiary/aromatic N) is 1. The second-order valence-electron chi connectivity index (χ2n) is 6.01. The van der Waals surface area contributed by atoms with Crippen molar-refractivity contribution in [1.29, 1.82) is 0 Å². The maximum atomic E-state index is 13.8. The number of hydrogen-bond donors (Lipinski definition) is 1. The van der Waals surface area contributed by atoms with E-state index in [-0.39, 0.29) is 30.5 Å². The zero-order valence-corrected chi connectivity index (χ0v) is 14.5. The fourth-order valence-corrected chi connectivity index (χ4v) is 2.71. The summed E-state index contributed by atoms with van der Waals surface area (Å²) in [6.45, 7) is 0.213. The molecule has 1 aliphatic heterocycles. The number of ether oxygens (including phenoxy) is 2. The van der Waals surface area contributed by atoms with E-state index in [2.05, 4.69) is 5.32 Å². The van der Waals surface area contributed by atoms with Gasteiger partial charge in [-0.15, -0.1) is 0 Å². The van der Waals surface area contributed by atoms with Gasteiger partial charge in [0.15, 0.2) is 17.7 Å². The van der Waals surface area contributed by atoms with Crippen LogP contribution in [0.15, 0.2) is 42.5 Å². The molecule has 2 aromatic rings. The summed E-state index contributed by atoms with van der Waals surface area (Å²) in [6, 6.07) is 11.6. The number of amides is 2. The van der Waals surface area contributed by atoms with Crippen molar-refractivity contribution in [2.75, 3.05) is 19.5 Å². The van der Waals surface area contributed by atoms with Crippen molar-refractivity contribution >= 4 is 17.5 Å². The SMILES string of the molecule is COc1ccc(CN(C)C(=O)C[C@H]2Oc3ccccc3NC2=O)cc1F. The van der Waals surface area contributed by atoms with Crippen molar-refractivity contribution in [3.8, 4) is 11.5 Å². The third-order valence-corrected chi connectivity index (χ3v) is 4.13. The van der Waals surface area contributed by atoms with Crippen molar-refractivity contribution < 1.29 is 23.5 Å². The standard InChI is InChI=1S/C19H19FN2O4/c1-22(11-12-7-8-15(25-2)13(20)9-12)18(23)10-17-19(24)21-14-5-3-4-6-16(14)26-17/h3-9,17H,10-11H2,1-2H3,(H,21,24)/t17-/m1/s1. The molecule has 0 aromatic heterocycles. The molecule has 2 amide bonds. The van der Waals surface area contributed by atoms with Crippen molar-refractivity contribution in [2.45, 2.75) is 19.1 Å². The molecule has 1 heterocycles. The van der Waals surface area contributed by atoms with Gasteiger partial charge in [0.2, 0.25) is 5.91 Å². The Morgan fingerprint density at radius 2 is 2.08 bits per heavy atom. The topological polar surface area (TPSA) is 67.9 Å². The summed E-state index contributed by atoms with van der Waals surface area (Å²) in [5.41, 5.74) is 1.21. The van der Waals surface area contributed by atoms with Crippen LogP contribution in [0.2, 0.25) is 0 Å². The molecule has 2 aromatic carbocycles. The maximum Gasteiger partial charge on any atom is 0.266 e. The molecule has 136 valence electrons. The molecule has 6 nitrogen and oxygen atoms in total. The number of anilines is 1. The predicted molar refractivity (Wildman–Crippen MR) is 93.5 cm³/mol. The number of carbonyl (C=O) groups excluding carboxylic acids is 2. The summed E-state index contributed by atoms with van der Waals surface area (Å²) in [5, 5.41) is 2.73. The highest BCUT2D eigenvalue weighted by molar-refractivity contribution is 5.99. The zero-order chi connectivity index (χ0) is 18.7. The number of rotatable bonds is 5. The Labute approximate surface area is 150 Å². The van der Waals surface area contributed by atoms with E-state index in [1.165, 1.54) is 24.1 Å². The number of halogens is 1.